The van der Waals surface area contributed by atoms with Gasteiger partial charge in [0.05, 0.1) is 6.07 Å². The number of rotatable bonds is 9. The first-order valence-corrected chi connectivity index (χ1v) is 5.84. The topological polar surface area (TPSA) is 78.9 Å². The van der Waals surface area contributed by atoms with Gasteiger partial charge in [0.2, 0.25) is 5.91 Å². The second kappa shape index (κ2) is 8.12. The zero-order valence-corrected chi connectivity index (χ0v) is 10.4. The fourth-order valence-electron chi connectivity index (χ4n) is 1.46. The molecule has 0 aromatic rings. The molecule has 1 amide bonds. The average Bonchev–Trinajstić information content (AvgIpc) is 2.20. The van der Waals surface area contributed by atoms with E-state index in [0.29, 0.717) is 12.8 Å². The van der Waals surface area contributed by atoms with Crippen molar-refractivity contribution in [2.45, 2.75) is 46.0 Å². The van der Waals surface area contributed by atoms with Crippen molar-refractivity contribution in [3.63, 3.8) is 0 Å². The first-order valence-electron chi connectivity index (χ1n) is 5.84. The van der Waals surface area contributed by atoms with E-state index < -0.39 is 0 Å². The van der Waals surface area contributed by atoms with Crippen LogP contribution in [-0.2, 0) is 4.79 Å². The summed E-state index contributed by atoms with van der Waals surface area (Å²) in [6.07, 6.45) is 3.81. The summed E-state index contributed by atoms with van der Waals surface area (Å²) in [4.78, 5) is 10.5. The predicted octanol–water partition coefficient (Wildman–Crippen LogP) is 1.56. The van der Waals surface area contributed by atoms with Gasteiger partial charge >= 0.3 is 0 Å². The van der Waals surface area contributed by atoms with Crippen molar-refractivity contribution in [1.29, 1.82) is 5.26 Å². The van der Waals surface area contributed by atoms with Crippen LogP contribution in [0.25, 0.3) is 0 Å². The van der Waals surface area contributed by atoms with Gasteiger partial charge in [-0.3, -0.25) is 4.79 Å². The zero-order chi connectivity index (χ0) is 12.4. The molecule has 16 heavy (non-hydrogen) atoms. The quantitative estimate of drug-likeness (QED) is 0.584. The number of unbranched alkanes of at least 4 members (excludes halogenated alkanes) is 1. The van der Waals surface area contributed by atoms with Crippen LogP contribution in [-0.4, -0.2) is 19.0 Å². The molecule has 0 bridgehead atoms. The van der Waals surface area contributed by atoms with Crippen molar-refractivity contribution in [2.75, 3.05) is 13.1 Å². The minimum absolute atomic E-state index is 0.166. The van der Waals surface area contributed by atoms with E-state index in [2.05, 4.69) is 25.2 Å². The van der Waals surface area contributed by atoms with E-state index in [1.54, 1.807) is 0 Å². The summed E-state index contributed by atoms with van der Waals surface area (Å²) in [6.45, 7) is 6.12. The molecule has 0 aliphatic carbocycles. The molecule has 4 heteroatoms. The number of nitriles is 1. The van der Waals surface area contributed by atoms with Gasteiger partial charge in [-0.25, -0.2) is 0 Å². The van der Waals surface area contributed by atoms with Gasteiger partial charge in [0, 0.05) is 19.4 Å². The first kappa shape index (κ1) is 14.9. The number of nitrogens with zero attached hydrogens (tertiary/aromatic N) is 1. The zero-order valence-electron chi connectivity index (χ0n) is 10.4. The van der Waals surface area contributed by atoms with Crippen molar-refractivity contribution < 1.29 is 4.79 Å². The highest BCUT2D eigenvalue weighted by atomic mass is 16.1. The van der Waals surface area contributed by atoms with Crippen LogP contribution >= 0.6 is 0 Å². The van der Waals surface area contributed by atoms with E-state index in [-0.39, 0.29) is 11.3 Å². The number of hydrogen-bond acceptors (Lipinski definition) is 3. The minimum Gasteiger partial charge on any atom is -0.370 e. The Hall–Kier alpha value is -1.08. The molecule has 0 rings (SSSR count). The molecule has 0 aromatic heterocycles. The lowest BCUT2D eigenvalue weighted by molar-refractivity contribution is -0.118. The van der Waals surface area contributed by atoms with E-state index >= 15 is 0 Å². The highest BCUT2D eigenvalue weighted by Crippen LogP contribution is 2.20. The normalized spacial score (nSPS) is 11.1. The Balaban J connectivity index is 3.43. The molecule has 0 atom stereocenters. The van der Waals surface area contributed by atoms with Crippen molar-refractivity contribution in [3.8, 4) is 6.07 Å². The highest BCUT2D eigenvalue weighted by Gasteiger charge is 2.16. The predicted molar refractivity (Wildman–Crippen MR) is 64.5 cm³/mol. The fraction of sp³-hybridized carbons (Fsp3) is 0.833. The molecule has 0 saturated heterocycles. The molecule has 4 nitrogen and oxygen atoms in total. The van der Waals surface area contributed by atoms with Gasteiger partial charge in [0.1, 0.15) is 0 Å². The molecule has 0 aliphatic heterocycles. The maximum Gasteiger partial charge on any atom is 0.217 e. The van der Waals surface area contributed by atoms with Crippen LogP contribution in [0.5, 0.6) is 0 Å². The first-order chi connectivity index (χ1) is 7.48. The van der Waals surface area contributed by atoms with E-state index in [1.807, 2.05) is 0 Å². The van der Waals surface area contributed by atoms with Crippen LogP contribution in [0.1, 0.15) is 46.0 Å². The summed E-state index contributed by atoms with van der Waals surface area (Å²) in [6, 6.07) is 2.17. The van der Waals surface area contributed by atoms with Crippen LogP contribution < -0.4 is 11.1 Å². The molecular formula is C12H23N3O. The van der Waals surface area contributed by atoms with Gasteiger partial charge < -0.3 is 11.1 Å². The Morgan fingerprint density at radius 3 is 2.69 bits per heavy atom. The molecule has 0 spiro atoms. The molecular weight excluding hydrogens is 202 g/mol. The Morgan fingerprint density at radius 2 is 2.12 bits per heavy atom. The van der Waals surface area contributed by atoms with Gasteiger partial charge in [-0.2, -0.15) is 5.26 Å². The second-order valence-electron chi connectivity index (χ2n) is 4.92. The molecule has 0 aliphatic rings. The van der Waals surface area contributed by atoms with Crippen LogP contribution in [0, 0.1) is 16.7 Å². The molecule has 0 unspecified atom stereocenters. The number of carbonyl (C=O) groups is 1. The van der Waals surface area contributed by atoms with Crippen LogP contribution in [0.2, 0.25) is 0 Å². The number of primary amides is 1. The standard InChI is InChI=1S/C12H23N3O/c1-12(2,7-5-8-13)10-15-9-4-3-6-11(14)16/h15H,3-7,9-10H2,1-2H3,(H2,14,16). The van der Waals surface area contributed by atoms with Gasteiger partial charge in [0.25, 0.3) is 0 Å². The molecule has 0 radical (unpaired) electrons. The summed E-state index contributed by atoms with van der Waals surface area (Å²) in [7, 11) is 0. The van der Waals surface area contributed by atoms with Crippen molar-refractivity contribution in [1.82, 2.24) is 5.32 Å². The summed E-state index contributed by atoms with van der Waals surface area (Å²) in [5, 5.41) is 11.9. The Kier molecular flexibility index (Phi) is 7.57. The fourth-order valence-corrected chi connectivity index (χ4v) is 1.46. The molecule has 0 fully saturated rings. The molecule has 0 aromatic carbocycles. The maximum absolute atomic E-state index is 10.5. The lowest BCUT2D eigenvalue weighted by atomic mass is 9.88. The number of hydrogen-bond donors (Lipinski definition) is 2. The number of carbonyl (C=O) groups excluding carboxylic acids is 1. The van der Waals surface area contributed by atoms with E-state index in [1.165, 1.54) is 0 Å². The summed E-state index contributed by atoms with van der Waals surface area (Å²) < 4.78 is 0. The van der Waals surface area contributed by atoms with Crippen molar-refractivity contribution >= 4 is 5.91 Å². The van der Waals surface area contributed by atoms with E-state index in [9.17, 15) is 4.79 Å². The maximum atomic E-state index is 10.5. The Bertz CT molecular complexity index is 243. The molecule has 0 saturated carbocycles. The summed E-state index contributed by atoms with van der Waals surface area (Å²) in [5.74, 6) is -0.227. The van der Waals surface area contributed by atoms with Crippen molar-refractivity contribution in [2.24, 2.45) is 11.1 Å². The summed E-state index contributed by atoms with van der Waals surface area (Å²) in [5.41, 5.74) is 5.21. The van der Waals surface area contributed by atoms with Gasteiger partial charge in [-0.15, -0.1) is 0 Å². The molecule has 0 heterocycles. The van der Waals surface area contributed by atoms with Gasteiger partial charge in [-0.1, -0.05) is 13.8 Å². The number of nitrogens with one attached hydrogen (secondary N) is 1. The van der Waals surface area contributed by atoms with Gasteiger partial charge in [-0.05, 0) is 31.2 Å². The highest BCUT2D eigenvalue weighted by molar-refractivity contribution is 5.73. The monoisotopic (exact) mass is 225 g/mol. The third kappa shape index (κ3) is 9.47. The summed E-state index contributed by atoms with van der Waals surface area (Å²) >= 11 is 0. The largest absolute Gasteiger partial charge is 0.370 e. The lowest BCUT2D eigenvalue weighted by Gasteiger charge is -2.23. The van der Waals surface area contributed by atoms with Crippen LogP contribution in [0.15, 0.2) is 0 Å². The third-order valence-corrected chi connectivity index (χ3v) is 2.54. The average molecular weight is 225 g/mol. The van der Waals surface area contributed by atoms with E-state index in [0.717, 1.165) is 32.4 Å². The Morgan fingerprint density at radius 1 is 1.44 bits per heavy atom. The van der Waals surface area contributed by atoms with E-state index in [4.69, 9.17) is 11.0 Å². The molecule has 92 valence electrons. The SMILES string of the molecule is CC(C)(CCC#N)CNCCCCC(N)=O. The number of nitrogens with two attached hydrogens (primary N) is 1. The minimum atomic E-state index is -0.227. The lowest BCUT2D eigenvalue weighted by Crippen LogP contribution is -2.30. The Labute approximate surface area is 98.2 Å². The molecule has 3 N–H and O–H groups in total. The van der Waals surface area contributed by atoms with Gasteiger partial charge in [0.15, 0.2) is 0 Å². The third-order valence-electron chi connectivity index (χ3n) is 2.54. The van der Waals surface area contributed by atoms with Crippen LogP contribution in [0.3, 0.4) is 0 Å². The van der Waals surface area contributed by atoms with Crippen molar-refractivity contribution in [3.05, 3.63) is 0 Å². The smallest absolute Gasteiger partial charge is 0.217 e. The second-order valence-corrected chi connectivity index (χ2v) is 4.92. The van der Waals surface area contributed by atoms with Crippen LogP contribution in [0.4, 0.5) is 0 Å². The number of amides is 1.